The van der Waals surface area contributed by atoms with E-state index in [1.165, 1.54) is 5.56 Å². The molecular formula is C17H20Cl2N2. The third-order valence-corrected chi connectivity index (χ3v) is 4.35. The summed E-state index contributed by atoms with van der Waals surface area (Å²) in [6, 6.07) is 14.4. The zero-order valence-electron chi connectivity index (χ0n) is 12.5. The van der Waals surface area contributed by atoms with Crippen LogP contribution in [0.15, 0.2) is 42.5 Å². The molecule has 0 spiro atoms. The number of anilines is 1. The highest BCUT2D eigenvalue weighted by Gasteiger charge is 2.13. The summed E-state index contributed by atoms with van der Waals surface area (Å²) in [4.78, 5) is 2.21. The molecule has 1 atom stereocenters. The van der Waals surface area contributed by atoms with Crippen LogP contribution >= 0.6 is 23.2 Å². The maximum absolute atomic E-state index is 6.34. The topological polar surface area (TPSA) is 15.3 Å². The van der Waals surface area contributed by atoms with Gasteiger partial charge in [-0.2, -0.15) is 0 Å². The molecular weight excluding hydrogens is 303 g/mol. The number of hydrogen-bond donors (Lipinski definition) is 1. The second-order valence-corrected chi connectivity index (χ2v) is 5.99. The lowest BCUT2D eigenvalue weighted by Crippen LogP contribution is -2.21. The number of benzene rings is 2. The molecule has 4 heteroatoms. The van der Waals surface area contributed by atoms with Crippen LogP contribution in [0, 0.1) is 0 Å². The van der Waals surface area contributed by atoms with E-state index >= 15 is 0 Å². The van der Waals surface area contributed by atoms with E-state index in [0.717, 1.165) is 27.8 Å². The molecule has 1 unspecified atom stereocenters. The van der Waals surface area contributed by atoms with Gasteiger partial charge in [0.2, 0.25) is 0 Å². The normalized spacial score (nSPS) is 12.2. The lowest BCUT2D eigenvalue weighted by atomic mass is 10.1. The van der Waals surface area contributed by atoms with E-state index in [1.807, 2.05) is 25.2 Å². The lowest BCUT2D eigenvalue weighted by molar-refractivity contribution is 0.739. The molecule has 2 aromatic rings. The molecule has 2 rings (SSSR count). The highest BCUT2D eigenvalue weighted by molar-refractivity contribution is 6.31. The SMILES string of the molecule is CNCc1ccc(N(C)C(C)c2ccc(Cl)cc2)cc1Cl. The van der Waals surface area contributed by atoms with Gasteiger partial charge in [0, 0.05) is 29.3 Å². The summed E-state index contributed by atoms with van der Waals surface area (Å²) in [7, 11) is 3.99. The van der Waals surface area contributed by atoms with Crippen molar-refractivity contribution in [1.29, 1.82) is 0 Å². The average Bonchev–Trinajstić information content (AvgIpc) is 2.49. The van der Waals surface area contributed by atoms with Crippen LogP contribution in [0.25, 0.3) is 0 Å². The summed E-state index contributed by atoms with van der Waals surface area (Å²) in [5, 5.41) is 4.66. The van der Waals surface area contributed by atoms with Crippen molar-refractivity contribution in [3.63, 3.8) is 0 Å². The highest BCUT2D eigenvalue weighted by atomic mass is 35.5. The number of nitrogens with one attached hydrogen (secondary N) is 1. The number of rotatable bonds is 5. The van der Waals surface area contributed by atoms with Crippen molar-refractivity contribution >= 4 is 28.9 Å². The van der Waals surface area contributed by atoms with E-state index < -0.39 is 0 Å². The Labute approximate surface area is 136 Å². The Hall–Kier alpha value is -1.22. The Balaban J connectivity index is 2.20. The van der Waals surface area contributed by atoms with Gasteiger partial charge in [-0.3, -0.25) is 0 Å². The molecule has 0 bridgehead atoms. The summed E-state index contributed by atoms with van der Waals surface area (Å²) in [5.41, 5.74) is 3.43. The summed E-state index contributed by atoms with van der Waals surface area (Å²) < 4.78 is 0. The molecule has 0 heterocycles. The van der Waals surface area contributed by atoms with Gasteiger partial charge in [0.05, 0.1) is 6.04 Å². The number of nitrogens with zero attached hydrogens (tertiary/aromatic N) is 1. The van der Waals surface area contributed by atoms with Gasteiger partial charge < -0.3 is 10.2 Å². The maximum atomic E-state index is 6.34. The van der Waals surface area contributed by atoms with E-state index in [0.29, 0.717) is 0 Å². The third kappa shape index (κ3) is 3.91. The van der Waals surface area contributed by atoms with Gasteiger partial charge in [-0.1, -0.05) is 41.4 Å². The number of hydrogen-bond acceptors (Lipinski definition) is 2. The van der Waals surface area contributed by atoms with Crippen LogP contribution in [-0.2, 0) is 6.54 Å². The maximum Gasteiger partial charge on any atom is 0.0511 e. The third-order valence-electron chi connectivity index (χ3n) is 3.74. The van der Waals surface area contributed by atoms with Crippen LogP contribution < -0.4 is 10.2 Å². The first-order valence-corrected chi connectivity index (χ1v) is 7.70. The molecule has 0 amide bonds. The van der Waals surface area contributed by atoms with E-state index in [2.05, 4.69) is 48.5 Å². The second-order valence-electron chi connectivity index (χ2n) is 5.14. The molecule has 1 N–H and O–H groups in total. The fraction of sp³-hybridized carbons (Fsp3) is 0.294. The molecule has 0 saturated carbocycles. The van der Waals surface area contributed by atoms with Gasteiger partial charge in [-0.15, -0.1) is 0 Å². The molecule has 0 aliphatic rings. The van der Waals surface area contributed by atoms with Gasteiger partial charge in [0.15, 0.2) is 0 Å². The first kappa shape index (κ1) is 16.2. The zero-order valence-corrected chi connectivity index (χ0v) is 14.0. The Morgan fingerprint density at radius 2 is 1.76 bits per heavy atom. The van der Waals surface area contributed by atoms with Gasteiger partial charge in [0.25, 0.3) is 0 Å². The fourth-order valence-corrected chi connectivity index (χ4v) is 2.65. The minimum absolute atomic E-state index is 0.244. The molecule has 112 valence electrons. The fourth-order valence-electron chi connectivity index (χ4n) is 2.28. The van der Waals surface area contributed by atoms with Crippen LogP contribution in [-0.4, -0.2) is 14.1 Å². The molecule has 21 heavy (non-hydrogen) atoms. The van der Waals surface area contributed by atoms with E-state index in [4.69, 9.17) is 23.2 Å². The monoisotopic (exact) mass is 322 g/mol. The van der Waals surface area contributed by atoms with E-state index in [1.54, 1.807) is 0 Å². The Morgan fingerprint density at radius 3 is 2.33 bits per heavy atom. The smallest absolute Gasteiger partial charge is 0.0511 e. The summed E-state index contributed by atoms with van der Waals surface area (Å²) in [5.74, 6) is 0. The summed E-state index contributed by atoms with van der Waals surface area (Å²) >= 11 is 12.3. The standard InChI is InChI=1S/C17H20Cl2N2/c1-12(13-4-7-15(18)8-5-13)21(3)16-9-6-14(11-20-2)17(19)10-16/h4-10,12,20H,11H2,1-3H3. The second kappa shape index (κ2) is 7.17. The first-order valence-electron chi connectivity index (χ1n) is 6.94. The Morgan fingerprint density at radius 1 is 1.10 bits per heavy atom. The molecule has 2 aromatic carbocycles. The minimum Gasteiger partial charge on any atom is -0.368 e. The van der Waals surface area contributed by atoms with Gasteiger partial charge >= 0.3 is 0 Å². The zero-order chi connectivity index (χ0) is 15.4. The molecule has 0 aliphatic heterocycles. The van der Waals surface area contributed by atoms with Crippen molar-refractivity contribution in [3.8, 4) is 0 Å². The van der Waals surface area contributed by atoms with Crippen molar-refractivity contribution in [2.75, 3.05) is 19.0 Å². The molecule has 0 radical (unpaired) electrons. The predicted octanol–water partition coefficient (Wildman–Crippen LogP) is 4.91. The average molecular weight is 323 g/mol. The van der Waals surface area contributed by atoms with Crippen molar-refractivity contribution < 1.29 is 0 Å². The molecule has 2 nitrogen and oxygen atoms in total. The van der Waals surface area contributed by atoms with Gasteiger partial charge in [0.1, 0.15) is 0 Å². The molecule has 0 saturated heterocycles. The first-order chi connectivity index (χ1) is 10.0. The molecule has 0 aliphatic carbocycles. The summed E-state index contributed by atoms with van der Waals surface area (Å²) in [6.07, 6.45) is 0. The van der Waals surface area contributed by atoms with Crippen molar-refractivity contribution in [3.05, 3.63) is 63.6 Å². The molecule has 0 fully saturated rings. The van der Waals surface area contributed by atoms with Crippen molar-refractivity contribution in [2.24, 2.45) is 0 Å². The van der Waals surface area contributed by atoms with Crippen LogP contribution in [0.5, 0.6) is 0 Å². The predicted molar refractivity (Wildman–Crippen MR) is 92.5 cm³/mol. The van der Waals surface area contributed by atoms with Crippen molar-refractivity contribution in [2.45, 2.75) is 19.5 Å². The van der Waals surface area contributed by atoms with Gasteiger partial charge in [-0.25, -0.2) is 0 Å². The number of halogens is 2. The van der Waals surface area contributed by atoms with Crippen molar-refractivity contribution in [1.82, 2.24) is 5.32 Å². The molecule has 0 aromatic heterocycles. The Kier molecular flexibility index (Phi) is 5.51. The Bertz CT molecular complexity index is 596. The summed E-state index contributed by atoms with van der Waals surface area (Å²) in [6.45, 7) is 2.94. The van der Waals surface area contributed by atoms with E-state index in [9.17, 15) is 0 Å². The van der Waals surface area contributed by atoms with Crippen LogP contribution in [0.2, 0.25) is 10.0 Å². The van der Waals surface area contributed by atoms with Crippen LogP contribution in [0.3, 0.4) is 0 Å². The quantitative estimate of drug-likeness (QED) is 0.841. The highest BCUT2D eigenvalue weighted by Crippen LogP contribution is 2.29. The van der Waals surface area contributed by atoms with Crippen LogP contribution in [0.1, 0.15) is 24.1 Å². The largest absolute Gasteiger partial charge is 0.368 e. The lowest BCUT2D eigenvalue weighted by Gasteiger charge is -2.28. The van der Waals surface area contributed by atoms with Crippen LogP contribution in [0.4, 0.5) is 5.69 Å². The van der Waals surface area contributed by atoms with E-state index in [-0.39, 0.29) is 6.04 Å². The van der Waals surface area contributed by atoms with Gasteiger partial charge in [-0.05, 0) is 49.4 Å². The minimum atomic E-state index is 0.244.